The van der Waals surface area contributed by atoms with Gasteiger partial charge < -0.3 is 5.11 Å². The van der Waals surface area contributed by atoms with Gasteiger partial charge >= 0.3 is 0 Å². The number of hydrogen-bond acceptors (Lipinski definition) is 1. The van der Waals surface area contributed by atoms with Crippen LogP contribution in [0.25, 0.3) is 0 Å². The molecule has 5 fully saturated rings. The fourth-order valence-electron chi connectivity index (χ4n) is 11.1. The van der Waals surface area contributed by atoms with Gasteiger partial charge in [-0.2, -0.15) is 0 Å². The van der Waals surface area contributed by atoms with Gasteiger partial charge in [0.1, 0.15) is 0 Å². The molecule has 31 heavy (non-hydrogen) atoms. The van der Waals surface area contributed by atoms with Crippen molar-refractivity contribution in [3.05, 3.63) is 11.6 Å². The minimum Gasteiger partial charge on any atom is -0.393 e. The van der Waals surface area contributed by atoms with Crippen LogP contribution in [0.4, 0.5) is 0 Å². The molecule has 0 saturated heterocycles. The van der Waals surface area contributed by atoms with Crippen molar-refractivity contribution in [1.82, 2.24) is 0 Å². The zero-order valence-corrected chi connectivity index (χ0v) is 21.7. The number of hydrogen-bond donors (Lipinski definition) is 1. The molecular formula is C30H50O. The lowest BCUT2D eigenvalue weighted by Gasteiger charge is -2.63. The number of aliphatic hydroxyl groups excluding tert-OH is 1. The van der Waals surface area contributed by atoms with Crippen LogP contribution >= 0.6 is 0 Å². The van der Waals surface area contributed by atoms with E-state index in [0.29, 0.717) is 21.7 Å². The summed E-state index contributed by atoms with van der Waals surface area (Å²) in [4.78, 5) is 0. The molecule has 5 saturated carbocycles. The highest BCUT2D eigenvalue weighted by Gasteiger charge is 2.82. The molecule has 5 aliphatic carbocycles. The van der Waals surface area contributed by atoms with Crippen molar-refractivity contribution in [1.29, 1.82) is 0 Å². The summed E-state index contributed by atoms with van der Waals surface area (Å²) in [6.45, 7) is 17.3. The van der Waals surface area contributed by atoms with Crippen LogP contribution in [0.15, 0.2) is 11.6 Å². The third-order valence-electron chi connectivity index (χ3n) is 13.0. The molecule has 5 aliphatic rings. The molecule has 0 aromatic heterocycles. The van der Waals surface area contributed by atoms with Gasteiger partial charge in [-0.1, -0.05) is 46.3 Å². The summed E-state index contributed by atoms with van der Waals surface area (Å²) < 4.78 is 0. The Morgan fingerprint density at radius 1 is 0.871 bits per heavy atom. The Balaban J connectivity index is 1.41. The van der Waals surface area contributed by atoms with E-state index in [0.717, 1.165) is 30.1 Å². The van der Waals surface area contributed by atoms with Crippen molar-refractivity contribution in [2.45, 2.75) is 125 Å². The maximum Gasteiger partial charge on any atom is 0.0594 e. The van der Waals surface area contributed by atoms with Crippen molar-refractivity contribution < 1.29 is 5.11 Å². The van der Waals surface area contributed by atoms with Gasteiger partial charge in [-0.3, -0.25) is 0 Å². The minimum absolute atomic E-state index is 0.0840. The Morgan fingerprint density at radius 2 is 1.55 bits per heavy atom. The van der Waals surface area contributed by atoms with Crippen molar-refractivity contribution >= 4 is 0 Å². The van der Waals surface area contributed by atoms with Gasteiger partial charge in [0.25, 0.3) is 0 Å². The first-order chi connectivity index (χ1) is 14.4. The van der Waals surface area contributed by atoms with E-state index in [-0.39, 0.29) is 11.5 Å². The fraction of sp³-hybridized carbons (Fsp3) is 0.933. The van der Waals surface area contributed by atoms with Crippen molar-refractivity contribution in [3.8, 4) is 0 Å². The number of rotatable bonds is 4. The molecular weight excluding hydrogens is 376 g/mol. The predicted octanol–water partition coefficient (Wildman–Crippen LogP) is 8.17. The summed E-state index contributed by atoms with van der Waals surface area (Å²) in [7, 11) is 0. The molecule has 1 N–H and O–H groups in total. The van der Waals surface area contributed by atoms with E-state index in [1.165, 1.54) is 69.8 Å². The summed E-state index contributed by atoms with van der Waals surface area (Å²) in [5.74, 6) is 3.46. The second kappa shape index (κ2) is 6.86. The zero-order chi connectivity index (χ0) is 22.4. The van der Waals surface area contributed by atoms with Gasteiger partial charge in [-0.05, 0) is 135 Å². The standard InChI is InChI=1S/C30H50O/c1-20(2)9-8-10-21(3)22-13-15-28(7)24-12-11-23-26(4,5)25(31)14-16-29(23)19-30(24,29)18-17-27(22,28)6/h9,21-25,31H,8,10-19H2,1-7H3/t21-,22+,23-,24-,25-,27+,28-,29+,30-/m0/s1. The monoisotopic (exact) mass is 426 g/mol. The summed E-state index contributed by atoms with van der Waals surface area (Å²) >= 11 is 0. The smallest absolute Gasteiger partial charge is 0.0594 e. The molecule has 0 unspecified atom stereocenters. The largest absolute Gasteiger partial charge is 0.393 e. The van der Waals surface area contributed by atoms with E-state index in [4.69, 9.17) is 0 Å². The summed E-state index contributed by atoms with van der Waals surface area (Å²) in [6, 6.07) is 0. The SMILES string of the molecule is CC(C)=CCC[C@H](C)[C@H]1CC[C@@]2(C)[C@@H]3CC[C@H]4C(C)(C)[C@@H](O)CC[C@@]45C[C@@]35CC[C@]12C. The predicted molar refractivity (Wildman–Crippen MR) is 131 cm³/mol. The van der Waals surface area contributed by atoms with Crippen LogP contribution in [0.2, 0.25) is 0 Å². The first kappa shape index (κ1) is 22.5. The van der Waals surface area contributed by atoms with Gasteiger partial charge in [-0.15, -0.1) is 0 Å². The lowest BCUT2D eigenvalue weighted by Crippen LogP contribution is -2.57. The Hall–Kier alpha value is -0.300. The van der Waals surface area contributed by atoms with E-state index in [1.807, 2.05) is 0 Å². The summed E-state index contributed by atoms with van der Waals surface area (Å²) in [5, 5.41) is 10.8. The first-order valence-electron chi connectivity index (χ1n) is 13.8. The van der Waals surface area contributed by atoms with Gasteiger partial charge in [0, 0.05) is 0 Å². The summed E-state index contributed by atoms with van der Waals surface area (Å²) in [6.07, 6.45) is 17.6. The fourth-order valence-corrected chi connectivity index (χ4v) is 11.1. The first-order valence-corrected chi connectivity index (χ1v) is 13.8. The Morgan fingerprint density at radius 3 is 2.26 bits per heavy atom. The lowest BCUT2D eigenvalue weighted by molar-refractivity contribution is -0.161. The number of fused-ring (bicyclic) bond motifs is 2. The van der Waals surface area contributed by atoms with E-state index in [2.05, 4.69) is 54.5 Å². The Labute approximate surface area is 192 Å². The molecule has 0 aromatic carbocycles. The molecule has 176 valence electrons. The van der Waals surface area contributed by atoms with Crippen molar-refractivity contribution in [2.24, 2.45) is 50.7 Å². The highest BCUT2D eigenvalue weighted by Crippen LogP contribution is 2.89. The van der Waals surface area contributed by atoms with Crippen LogP contribution in [0, 0.1) is 50.7 Å². The van der Waals surface area contributed by atoms with E-state index < -0.39 is 0 Å². The third kappa shape index (κ3) is 2.71. The van der Waals surface area contributed by atoms with E-state index in [9.17, 15) is 5.11 Å². The van der Waals surface area contributed by atoms with Gasteiger partial charge in [-0.25, -0.2) is 0 Å². The second-order valence-electron chi connectivity index (χ2n) is 14.4. The van der Waals surface area contributed by atoms with Crippen LogP contribution in [0.3, 0.4) is 0 Å². The molecule has 0 radical (unpaired) electrons. The van der Waals surface area contributed by atoms with E-state index >= 15 is 0 Å². The maximum absolute atomic E-state index is 10.8. The molecule has 9 atom stereocenters. The second-order valence-corrected chi connectivity index (χ2v) is 14.4. The quantitative estimate of drug-likeness (QED) is 0.449. The minimum atomic E-state index is -0.0840. The van der Waals surface area contributed by atoms with Crippen LogP contribution in [0.1, 0.15) is 119 Å². The van der Waals surface area contributed by atoms with Crippen LogP contribution in [-0.4, -0.2) is 11.2 Å². The zero-order valence-electron chi connectivity index (χ0n) is 21.7. The van der Waals surface area contributed by atoms with Gasteiger partial charge in [0.15, 0.2) is 0 Å². The molecule has 0 amide bonds. The highest BCUT2D eigenvalue weighted by atomic mass is 16.3. The molecule has 2 spiro atoms. The van der Waals surface area contributed by atoms with Crippen LogP contribution < -0.4 is 0 Å². The average Bonchev–Trinajstić information content (AvgIpc) is 3.27. The average molecular weight is 427 g/mol. The molecule has 0 aromatic rings. The Kier molecular flexibility index (Phi) is 4.98. The van der Waals surface area contributed by atoms with Gasteiger partial charge in [0.2, 0.25) is 0 Å². The molecule has 0 heterocycles. The van der Waals surface area contributed by atoms with Crippen molar-refractivity contribution in [3.63, 3.8) is 0 Å². The molecule has 5 rings (SSSR count). The van der Waals surface area contributed by atoms with Crippen molar-refractivity contribution in [2.75, 3.05) is 0 Å². The maximum atomic E-state index is 10.8. The Bertz CT molecular complexity index is 760. The lowest BCUT2D eigenvalue weighted by atomic mass is 9.41. The van der Waals surface area contributed by atoms with E-state index in [1.54, 1.807) is 0 Å². The molecule has 0 aliphatic heterocycles. The van der Waals surface area contributed by atoms with Crippen LogP contribution in [0.5, 0.6) is 0 Å². The summed E-state index contributed by atoms with van der Waals surface area (Å²) in [5.41, 5.74) is 3.87. The molecule has 0 bridgehead atoms. The highest BCUT2D eigenvalue weighted by molar-refractivity contribution is 5.30. The topological polar surface area (TPSA) is 20.2 Å². The van der Waals surface area contributed by atoms with Gasteiger partial charge in [0.05, 0.1) is 6.10 Å². The normalized spacial score (nSPS) is 52.9. The number of aliphatic hydroxyl groups is 1. The number of allylic oxidation sites excluding steroid dienone is 2. The molecule has 1 nitrogen and oxygen atoms in total. The van der Waals surface area contributed by atoms with Crippen LogP contribution in [-0.2, 0) is 0 Å². The third-order valence-corrected chi connectivity index (χ3v) is 13.0. The molecule has 1 heteroatoms.